The second kappa shape index (κ2) is 8.25. The summed E-state index contributed by atoms with van der Waals surface area (Å²) in [6.07, 6.45) is 3.57. The van der Waals surface area contributed by atoms with Gasteiger partial charge in [-0.15, -0.1) is 0 Å². The van der Waals surface area contributed by atoms with Gasteiger partial charge in [0.1, 0.15) is 11.6 Å². The second-order valence-electron chi connectivity index (χ2n) is 6.80. The van der Waals surface area contributed by atoms with Crippen molar-refractivity contribution in [1.29, 1.82) is 0 Å². The summed E-state index contributed by atoms with van der Waals surface area (Å²) in [6, 6.07) is 19.8. The van der Waals surface area contributed by atoms with Gasteiger partial charge in [0.05, 0.1) is 22.0 Å². The topological polar surface area (TPSA) is 78.0 Å². The molecule has 0 saturated heterocycles. The molecule has 3 aromatic carbocycles. The Bertz CT molecular complexity index is 1340. The van der Waals surface area contributed by atoms with Gasteiger partial charge in [0, 0.05) is 5.56 Å². The number of hydrogen-bond donors (Lipinski definition) is 1. The van der Waals surface area contributed by atoms with Gasteiger partial charge in [0.15, 0.2) is 0 Å². The molecule has 0 spiro atoms. The number of primary sulfonamides is 1. The lowest BCUT2D eigenvalue weighted by Gasteiger charge is -2.08. The van der Waals surface area contributed by atoms with Crippen LogP contribution in [0.5, 0.6) is 0 Å². The molecule has 0 radical (unpaired) electrons. The van der Waals surface area contributed by atoms with Crippen LogP contribution in [0, 0.1) is 11.6 Å². The van der Waals surface area contributed by atoms with Gasteiger partial charge in [-0.2, -0.15) is 5.10 Å². The van der Waals surface area contributed by atoms with Crippen LogP contribution in [0.25, 0.3) is 29.1 Å². The molecule has 4 rings (SSSR count). The summed E-state index contributed by atoms with van der Waals surface area (Å²) in [4.78, 5) is -0.0110. The molecule has 5 nitrogen and oxygen atoms in total. The molecule has 2 N–H and O–H groups in total. The molecule has 0 unspecified atom stereocenters. The summed E-state index contributed by atoms with van der Waals surface area (Å²) in [5, 5.41) is 9.76. The molecule has 0 amide bonds. The molecule has 0 aliphatic rings. The van der Waals surface area contributed by atoms with E-state index in [1.165, 1.54) is 36.4 Å². The van der Waals surface area contributed by atoms with Gasteiger partial charge in [-0.05, 0) is 78.4 Å². The Kier molecular flexibility index (Phi) is 5.50. The maximum absolute atomic E-state index is 13.4. The first-order valence-corrected chi connectivity index (χ1v) is 10.8. The van der Waals surface area contributed by atoms with Crippen LogP contribution >= 0.6 is 0 Å². The molecule has 1 aromatic heterocycles. The molecular formula is C23H17F2N3O2S. The predicted molar refractivity (Wildman–Crippen MR) is 116 cm³/mol. The fourth-order valence-electron chi connectivity index (χ4n) is 3.04. The SMILES string of the molecule is NS(=O)(=O)c1ccc(-n2nc(/C=C/c3ccc(F)cc3)cc2-c2ccc(F)cc2)cc1. The Morgan fingerprint density at radius 1 is 0.806 bits per heavy atom. The second-order valence-corrected chi connectivity index (χ2v) is 8.36. The predicted octanol–water partition coefficient (Wildman–Crippen LogP) is 4.64. The molecular weight excluding hydrogens is 420 g/mol. The summed E-state index contributed by atoms with van der Waals surface area (Å²) >= 11 is 0. The quantitative estimate of drug-likeness (QED) is 0.494. The summed E-state index contributed by atoms with van der Waals surface area (Å²) in [5.74, 6) is -0.674. The van der Waals surface area contributed by atoms with Crippen molar-refractivity contribution >= 4 is 22.2 Å². The number of sulfonamides is 1. The first-order chi connectivity index (χ1) is 14.8. The molecule has 0 aliphatic carbocycles. The van der Waals surface area contributed by atoms with E-state index in [4.69, 9.17) is 5.14 Å². The van der Waals surface area contributed by atoms with Gasteiger partial charge in [0.2, 0.25) is 10.0 Å². The van der Waals surface area contributed by atoms with Crippen LogP contribution in [0.2, 0.25) is 0 Å². The minimum atomic E-state index is -3.82. The van der Waals surface area contributed by atoms with Crippen molar-refractivity contribution in [3.63, 3.8) is 0 Å². The number of benzene rings is 3. The smallest absolute Gasteiger partial charge is 0.233 e. The van der Waals surface area contributed by atoms with E-state index < -0.39 is 10.0 Å². The largest absolute Gasteiger partial charge is 0.238 e. The monoisotopic (exact) mass is 437 g/mol. The van der Waals surface area contributed by atoms with Crippen LogP contribution in [0.1, 0.15) is 11.3 Å². The van der Waals surface area contributed by atoms with Crippen LogP contribution in [0.15, 0.2) is 83.8 Å². The molecule has 0 atom stereocenters. The fourth-order valence-corrected chi connectivity index (χ4v) is 3.55. The summed E-state index contributed by atoms with van der Waals surface area (Å²) < 4.78 is 51.2. The van der Waals surface area contributed by atoms with Crippen LogP contribution in [-0.4, -0.2) is 18.2 Å². The number of halogens is 2. The van der Waals surface area contributed by atoms with Crippen molar-refractivity contribution < 1.29 is 17.2 Å². The number of rotatable bonds is 5. The zero-order valence-corrected chi connectivity index (χ0v) is 16.9. The van der Waals surface area contributed by atoms with E-state index >= 15 is 0 Å². The van der Waals surface area contributed by atoms with Crippen molar-refractivity contribution in [2.75, 3.05) is 0 Å². The summed E-state index contributed by atoms with van der Waals surface area (Å²) in [6.45, 7) is 0. The van der Waals surface area contributed by atoms with Crippen LogP contribution in [-0.2, 0) is 10.0 Å². The lowest BCUT2D eigenvalue weighted by atomic mass is 10.1. The zero-order chi connectivity index (χ0) is 22.0. The van der Waals surface area contributed by atoms with Gasteiger partial charge in [0.25, 0.3) is 0 Å². The Balaban J connectivity index is 1.77. The highest BCUT2D eigenvalue weighted by Gasteiger charge is 2.13. The van der Waals surface area contributed by atoms with Crippen LogP contribution < -0.4 is 5.14 Å². The average Bonchev–Trinajstić information content (AvgIpc) is 3.18. The minimum absolute atomic E-state index is 0.0110. The average molecular weight is 437 g/mol. The van der Waals surface area contributed by atoms with Crippen molar-refractivity contribution in [2.24, 2.45) is 5.14 Å². The van der Waals surface area contributed by atoms with Gasteiger partial charge >= 0.3 is 0 Å². The third-order valence-corrected chi connectivity index (χ3v) is 5.52. The van der Waals surface area contributed by atoms with E-state index in [1.54, 1.807) is 53.2 Å². The molecule has 0 bridgehead atoms. The molecule has 1 heterocycles. The Morgan fingerprint density at radius 2 is 1.39 bits per heavy atom. The minimum Gasteiger partial charge on any atom is -0.233 e. The Hall–Kier alpha value is -3.62. The Labute approximate surface area is 178 Å². The normalized spacial score (nSPS) is 11.8. The standard InChI is InChI=1S/C23H17F2N3O2S/c24-18-6-1-16(2-7-18)3-10-20-15-23(17-4-8-19(25)9-5-17)28(27-20)21-11-13-22(14-12-21)31(26,29)30/h1-15H,(H2,26,29,30)/b10-3+. The van der Waals surface area contributed by atoms with E-state index in [-0.39, 0.29) is 16.5 Å². The van der Waals surface area contributed by atoms with E-state index in [0.29, 0.717) is 17.1 Å². The van der Waals surface area contributed by atoms with Gasteiger partial charge in [-0.3, -0.25) is 0 Å². The first kappa shape index (κ1) is 20.6. The summed E-state index contributed by atoms with van der Waals surface area (Å²) in [7, 11) is -3.82. The van der Waals surface area contributed by atoms with Crippen molar-refractivity contribution in [1.82, 2.24) is 9.78 Å². The third-order valence-electron chi connectivity index (χ3n) is 4.59. The molecule has 156 valence electrons. The molecule has 0 saturated carbocycles. The van der Waals surface area contributed by atoms with Crippen LogP contribution in [0.3, 0.4) is 0 Å². The third kappa shape index (κ3) is 4.76. The molecule has 4 aromatic rings. The molecule has 8 heteroatoms. The molecule has 31 heavy (non-hydrogen) atoms. The molecule has 0 fully saturated rings. The lowest BCUT2D eigenvalue weighted by molar-refractivity contribution is 0.597. The van der Waals surface area contributed by atoms with E-state index in [1.807, 2.05) is 6.07 Å². The van der Waals surface area contributed by atoms with E-state index in [0.717, 1.165) is 11.1 Å². The zero-order valence-electron chi connectivity index (χ0n) is 16.1. The highest BCUT2D eigenvalue weighted by atomic mass is 32.2. The first-order valence-electron chi connectivity index (χ1n) is 9.22. The maximum atomic E-state index is 13.4. The van der Waals surface area contributed by atoms with E-state index in [9.17, 15) is 17.2 Å². The Morgan fingerprint density at radius 3 is 1.97 bits per heavy atom. The number of nitrogens with zero attached hydrogens (tertiary/aromatic N) is 2. The van der Waals surface area contributed by atoms with Gasteiger partial charge in [-0.1, -0.05) is 18.2 Å². The highest BCUT2D eigenvalue weighted by Crippen LogP contribution is 2.26. The fraction of sp³-hybridized carbons (Fsp3) is 0. The maximum Gasteiger partial charge on any atom is 0.238 e. The van der Waals surface area contributed by atoms with Crippen molar-refractivity contribution in [3.8, 4) is 16.9 Å². The van der Waals surface area contributed by atoms with Gasteiger partial charge in [-0.25, -0.2) is 27.0 Å². The van der Waals surface area contributed by atoms with Crippen molar-refractivity contribution in [2.45, 2.75) is 4.90 Å². The summed E-state index contributed by atoms with van der Waals surface area (Å²) in [5.41, 5.74) is 3.43. The number of hydrogen-bond acceptors (Lipinski definition) is 3. The lowest BCUT2D eigenvalue weighted by Crippen LogP contribution is -2.12. The van der Waals surface area contributed by atoms with Crippen LogP contribution in [0.4, 0.5) is 8.78 Å². The van der Waals surface area contributed by atoms with Crippen molar-refractivity contribution in [3.05, 3.63) is 102 Å². The number of nitrogens with two attached hydrogens (primary N) is 1. The number of aromatic nitrogens is 2. The van der Waals surface area contributed by atoms with Gasteiger partial charge < -0.3 is 0 Å². The van der Waals surface area contributed by atoms with E-state index in [2.05, 4.69) is 5.10 Å². The highest BCUT2D eigenvalue weighted by molar-refractivity contribution is 7.89. The molecule has 0 aliphatic heterocycles.